The van der Waals surface area contributed by atoms with Gasteiger partial charge in [-0.1, -0.05) is 19.1 Å². The van der Waals surface area contributed by atoms with E-state index in [0.717, 1.165) is 17.6 Å². The molecular weight excluding hydrogens is 166 g/mol. The van der Waals surface area contributed by atoms with Gasteiger partial charge in [-0.2, -0.15) is 0 Å². The minimum absolute atomic E-state index is 0.848. The summed E-state index contributed by atoms with van der Waals surface area (Å²) in [5.74, 6) is 2.83. The summed E-state index contributed by atoms with van der Waals surface area (Å²) in [6, 6.07) is 0. The van der Waals surface area contributed by atoms with Gasteiger partial charge in [0.2, 0.25) is 0 Å². The van der Waals surface area contributed by atoms with E-state index in [-0.39, 0.29) is 0 Å². The molecule has 1 aliphatic rings. The molecule has 68 valence electrons. The Labute approximate surface area is 79.1 Å². The Kier molecular flexibility index (Phi) is 4.44. The van der Waals surface area contributed by atoms with Crippen LogP contribution in [-0.2, 0) is 0 Å². The number of hydrogen-bond acceptors (Lipinski definition) is 2. The minimum atomic E-state index is 0.848. The van der Waals surface area contributed by atoms with Gasteiger partial charge < -0.3 is 5.41 Å². The summed E-state index contributed by atoms with van der Waals surface area (Å²) in [5, 5.41) is 6.89. The van der Waals surface area contributed by atoms with Crippen molar-refractivity contribution in [3.05, 3.63) is 12.2 Å². The first-order valence-corrected chi connectivity index (χ1v) is 5.65. The van der Waals surface area contributed by atoms with Crippen LogP contribution in [0.2, 0.25) is 0 Å². The lowest BCUT2D eigenvalue weighted by Gasteiger charge is -2.24. The van der Waals surface area contributed by atoms with E-state index in [1.54, 1.807) is 11.8 Å². The molecule has 0 aromatic carbocycles. The number of allylic oxidation sites excluding steroid dienone is 2. The summed E-state index contributed by atoms with van der Waals surface area (Å²) in [6.45, 7) is 2.34. The van der Waals surface area contributed by atoms with E-state index < -0.39 is 0 Å². The molecule has 12 heavy (non-hydrogen) atoms. The van der Waals surface area contributed by atoms with Crippen LogP contribution < -0.4 is 0 Å². The van der Waals surface area contributed by atoms with Gasteiger partial charge in [-0.15, -0.1) is 11.8 Å². The molecule has 0 bridgehead atoms. The molecule has 0 aliphatic heterocycles. The molecule has 0 saturated heterocycles. The van der Waals surface area contributed by atoms with Crippen LogP contribution in [0.4, 0.5) is 0 Å². The van der Waals surface area contributed by atoms with E-state index in [0.29, 0.717) is 0 Å². The fourth-order valence-electron chi connectivity index (χ4n) is 1.69. The first kappa shape index (κ1) is 9.85. The zero-order chi connectivity index (χ0) is 8.81. The van der Waals surface area contributed by atoms with Crippen molar-refractivity contribution in [2.24, 2.45) is 11.8 Å². The zero-order valence-corrected chi connectivity index (χ0v) is 8.44. The molecule has 2 atom stereocenters. The van der Waals surface area contributed by atoms with Gasteiger partial charge in [0.05, 0.1) is 5.55 Å². The van der Waals surface area contributed by atoms with Gasteiger partial charge in [0.25, 0.3) is 0 Å². The molecule has 1 rings (SSSR count). The van der Waals surface area contributed by atoms with Crippen LogP contribution in [-0.4, -0.2) is 11.3 Å². The van der Waals surface area contributed by atoms with E-state index in [9.17, 15) is 0 Å². The highest BCUT2D eigenvalue weighted by atomic mass is 32.2. The largest absolute Gasteiger partial charge is 0.302 e. The zero-order valence-electron chi connectivity index (χ0n) is 7.62. The topological polar surface area (TPSA) is 23.9 Å². The smallest absolute Gasteiger partial charge is 0.0506 e. The summed E-state index contributed by atoms with van der Waals surface area (Å²) in [7, 11) is 0. The fraction of sp³-hybridized carbons (Fsp3) is 0.700. The maximum absolute atomic E-state index is 6.89. The second-order valence-corrected chi connectivity index (χ2v) is 4.43. The van der Waals surface area contributed by atoms with E-state index in [1.165, 1.54) is 24.8 Å². The standard InChI is InChI=1S/C10H17NS/c1-9-4-2-3-5-10(9)6-7-12-8-11/h2-3,8-11H,4-7H2,1H3/t9?,10-/m1/s1. The van der Waals surface area contributed by atoms with Crippen molar-refractivity contribution in [2.45, 2.75) is 26.2 Å². The molecular formula is C10H17NS. The van der Waals surface area contributed by atoms with Crippen molar-refractivity contribution in [1.82, 2.24) is 0 Å². The Morgan fingerprint density at radius 3 is 2.92 bits per heavy atom. The molecule has 1 aliphatic carbocycles. The average Bonchev–Trinajstić information content (AvgIpc) is 2.09. The molecule has 0 aromatic rings. The van der Waals surface area contributed by atoms with Crippen LogP contribution in [0.25, 0.3) is 0 Å². The first-order chi connectivity index (χ1) is 5.84. The highest BCUT2D eigenvalue weighted by Gasteiger charge is 2.17. The van der Waals surface area contributed by atoms with Crippen LogP contribution >= 0.6 is 11.8 Å². The third-order valence-electron chi connectivity index (χ3n) is 2.61. The van der Waals surface area contributed by atoms with Crippen molar-refractivity contribution in [3.8, 4) is 0 Å². The molecule has 1 unspecified atom stereocenters. The Morgan fingerprint density at radius 1 is 1.50 bits per heavy atom. The van der Waals surface area contributed by atoms with Crippen molar-refractivity contribution >= 4 is 17.3 Å². The molecule has 0 saturated carbocycles. The lowest BCUT2D eigenvalue weighted by Crippen LogP contribution is -2.14. The molecule has 0 heterocycles. The Balaban J connectivity index is 2.21. The second-order valence-electron chi connectivity index (χ2n) is 3.46. The fourth-order valence-corrected chi connectivity index (χ4v) is 2.24. The monoisotopic (exact) mass is 183 g/mol. The van der Waals surface area contributed by atoms with Crippen molar-refractivity contribution < 1.29 is 0 Å². The van der Waals surface area contributed by atoms with Gasteiger partial charge in [0.15, 0.2) is 0 Å². The summed E-state index contributed by atoms with van der Waals surface area (Å²) in [6.07, 6.45) is 8.37. The molecule has 0 amide bonds. The van der Waals surface area contributed by atoms with Gasteiger partial charge in [-0.3, -0.25) is 0 Å². The summed E-state index contributed by atoms with van der Waals surface area (Å²) in [4.78, 5) is 0. The third kappa shape index (κ3) is 3.02. The highest BCUT2D eigenvalue weighted by Crippen LogP contribution is 2.28. The van der Waals surface area contributed by atoms with Crippen LogP contribution in [0.5, 0.6) is 0 Å². The van der Waals surface area contributed by atoms with Gasteiger partial charge >= 0.3 is 0 Å². The maximum Gasteiger partial charge on any atom is 0.0506 e. The van der Waals surface area contributed by atoms with Gasteiger partial charge in [-0.05, 0) is 36.9 Å². The second kappa shape index (κ2) is 5.41. The molecule has 0 radical (unpaired) electrons. The summed E-state index contributed by atoms with van der Waals surface area (Å²) in [5.41, 5.74) is 1.45. The molecule has 1 nitrogen and oxygen atoms in total. The SMILES string of the molecule is CC1CC=CC[C@@H]1CCSC=N. The van der Waals surface area contributed by atoms with E-state index in [4.69, 9.17) is 5.41 Å². The lowest BCUT2D eigenvalue weighted by atomic mass is 9.83. The molecule has 0 aromatic heterocycles. The predicted molar refractivity (Wildman–Crippen MR) is 56.9 cm³/mol. The van der Waals surface area contributed by atoms with Crippen LogP contribution in [0.15, 0.2) is 12.2 Å². The van der Waals surface area contributed by atoms with Crippen molar-refractivity contribution in [1.29, 1.82) is 5.41 Å². The Morgan fingerprint density at radius 2 is 2.25 bits per heavy atom. The quantitative estimate of drug-likeness (QED) is 0.307. The predicted octanol–water partition coefficient (Wildman–Crippen LogP) is 3.32. The van der Waals surface area contributed by atoms with Crippen LogP contribution in [0.1, 0.15) is 26.2 Å². The lowest BCUT2D eigenvalue weighted by molar-refractivity contribution is 0.342. The Bertz CT molecular complexity index is 165. The number of hydrogen-bond donors (Lipinski definition) is 1. The highest BCUT2D eigenvalue weighted by molar-refractivity contribution is 8.11. The third-order valence-corrected chi connectivity index (χ3v) is 3.25. The number of rotatable bonds is 4. The average molecular weight is 183 g/mol. The Hall–Kier alpha value is -0.240. The number of nitrogens with one attached hydrogen (secondary N) is 1. The van der Waals surface area contributed by atoms with Crippen molar-refractivity contribution in [3.63, 3.8) is 0 Å². The van der Waals surface area contributed by atoms with E-state index in [2.05, 4.69) is 19.1 Å². The normalized spacial score (nSPS) is 28.8. The van der Waals surface area contributed by atoms with Gasteiger partial charge in [0, 0.05) is 0 Å². The van der Waals surface area contributed by atoms with E-state index in [1.807, 2.05) is 0 Å². The van der Waals surface area contributed by atoms with Crippen LogP contribution in [0.3, 0.4) is 0 Å². The molecule has 0 spiro atoms. The maximum atomic E-state index is 6.89. The minimum Gasteiger partial charge on any atom is -0.302 e. The van der Waals surface area contributed by atoms with Gasteiger partial charge in [0.1, 0.15) is 0 Å². The molecule has 0 fully saturated rings. The molecule has 1 N–H and O–H groups in total. The summed E-state index contributed by atoms with van der Waals surface area (Å²) >= 11 is 1.62. The van der Waals surface area contributed by atoms with Crippen molar-refractivity contribution in [2.75, 3.05) is 5.75 Å². The van der Waals surface area contributed by atoms with Gasteiger partial charge in [-0.25, -0.2) is 0 Å². The molecule has 2 heteroatoms. The summed E-state index contributed by atoms with van der Waals surface area (Å²) < 4.78 is 0. The van der Waals surface area contributed by atoms with E-state index >= 15 is 0 Å². The first-order valence-electron chi connectivity index (χ1n) is 4.60. The number of thioether (sulfide) groups is 1. The van der Waals surface area contributed by atoms with Crippen LogP contribution in [0, 0.1) is 17.2 Å².